The number of nitrogens with one attached hydrogen (secondary N) is 2. The summed E-state index contributed by atoms with van der Waals surface area (Å²) in [7, 11) is 0. The Kier molecular flexibility index (Phi) is 4.68. The number of nitrogens with zero attached hydrogens (tertiary/aromatic N) is 1. The Hall–Kier alpha value is -1.65. The normalized spacial score (nSPS) is 14.2. The zero-order valence-electron chi connectivity index (χ0n) is 11.5. The quantitative estimate of drug-likeness (QED) is 0.896. The SMILES string of the molecule is Clc1ccc(Sc2ccc(N=C3NCCCN3)cc2)cc1. The topological polar surface area (TPSA) is 36.4 Å². The molecular weight excluding hydrogens is 302 g/mol. The van der Waals surface area contributed by atoms with Crippen molar-refractivity contribution in [1.82, 2.24) is 10.6 Å². The number of aliphatic imine (C=N–C) groups is 1. The van der Waals surface area contributed by atoms with Gasteiger partial charge in [-0.05, 0) is 55.0 Å². The fraction of sp³-hybridized carbons (Fsp3) is 0.188. The monoisotopic (exact) mass is 317 g/mol. The van der Waals surface area contributed by atoms with Crippen molar-refractivity contribution in [2.24, 2.45) is 4.99 Å². The zero-order chi connectivity index (χ0) is 14.5. The summed E-state index contributed by atoms with van der Waals surface area (Å²) in [6.07, 6.45) is 1.13. The number of rotatable bonds is 3. The molecule has 0 atom stereocenters. The molecule has 0 aromatic heterocycles. The molecule has 1 fully saturated rings. The van der Waals surface area contributed by atoms with E-state index in [1.54, 1.807) is 11.8 Å². The van der Waals surface area contributed by atoms with E-state index in [0.29, 0.717) is 0 Å². The van der Waals surface area contributed by atoms with Crippen molar-refractivity contribution in [3.63, 3.8) is 0 Å². The van der Waals surface area contributed by atoms with E-state index < -0.39 is 0 Å². The maximum atomic E-state index is 5.89. The standard InChI is InChI=1S/C16H16ClN3S/c17-12-2-6-14(7-3-12)21-15-8-4-13(5-9-15)20-16-18-10-1-11-19-16/h2-9H,1,10-11H2,(H2,18,19,20). The van der Waals surface area contributed by atoms with Crippen molar-refractivity contribution < 1.29 is 0 Å². The van der Waals surface area contributed by atoms with Crippen molar-refractivity contribution >= 4 is 35.0 Å². The van der Waals surface area contributed by atoms with Gasteiger partial charge in [0.25, 0.3) is 0 Å². The van der Waals surface area contributed by atoms with E-state index in [1.807, 2.05) is 36.4 Å². The largest absolute Gasteiger partial charge is 0.356 e. The van der Waals surface area contributed by atoms with Crippen LogP contribution in [0.5, 0.6) is 0 Å². The molecule has 21 heavy (non-hydrogen) atoms. The van der Waals surface area contributed by atoms with Crippen LogP contribution in [0.3, 0.4) is 0 Å². The summed E-state index contributed by atoms with van der Waals surface area (Å²) >= 11 is 7.60. The van der Waals surface area contributed by atoms with Crippen LogP contribution in [0.25, 0.3) is 0 Å². The summed E-state index contributed by atoms with van der Waals surface area (Å²) < 4.78 is 0. The molecule has 0 unspecified atom stereocenters. The van der Waals surface area contributed by atoms with Gasteiger partial charge in [0, 0.05) is 27.9 Å². The Labute approximate surface area is 133 Å². The van der Waals surface area contributed by atoms with E-state index >= 15 is 0 Å². The third kappa shape index (κ3) is 4.16. The lowest BCUT2D eigenvalue weighted by Gasteiger charge is -2.17. The minimum atomic E-state index is 0.762. The van der Waals surface area contributed by atoms with Crippen LogP contribution < -0.4 is 10.6 Å². The van der Waals surface area contributed by atoms with Gasteiger partial charge in [-0.1, -0.05) is 23.4 Å². The molecule has 2 aromatic rings. The second-order valence-corrected chi connectivity index (χ2v) is 6.30. The van der Waals surface area contributed by atoms with Gasteiger partial charge >= 0.3 is 0 Å². The van der Waals surface area contributed by atoms with Crippen molar-refractivity contribution in [3.8, 4) is 0 Å². The van der Waals surface area contributed by atoms with E-state index in [9.17, 15) is 0 Å². The first kappa shape index (κ1) is 14.3. The van der Waals surface area contributed by atoms with Crippen LogP contribution in [-0.2, 0) is 0 Å². The minimum absolute atomic E-state index is 0.762. The average molecular weight is 318 g/mol. The van der Waals surface area contributed by atoms with Gasteiger partial charge in [0.1, 0.15) is 0 Å². The molecule has 2 N–H and O–H groups in total. The lowest BCUT2D eigenvalue weighted by Crippen LogP contribution is -2.43. The van der Waals surface area contributed by atoms with Gasteiger partial charge in [-0.3, -0.25) is 0 Å². The summed E-state index contributed by atoms with van der Waals surface area (Å²) in [5, 5.41) is 7.26. The van der Waals surface area contributed by atoms with Gasteiger partial charge in [-0.2, -0.15) is 0 Å². The Balaban J connectivity index is 1.67. The Morgan fingerprint density at radius 1 is 0.857 bits per heavy atom. The summed E-state index contributed by atoms with van der Waals surface area (Å²) in [6.45, 7) is 1.96. The van der Waals surface area contributed by atoms with Crippen molar-refractivity contribution in [2.45, 2.75) is 16.2 Å². The molecule has 0 radical (unpaired) electrons. The smallest absolute Gasteiger partial charge is 0.196 e. The van der Waals surface area contributed by atoms with Crippen LogP contribution in [0, 0.1) is 0 Å². The maximum absolute atomic E-state index is 5.89. The molecule has 0 saturated carbocycles. The molecule has 0 aliphatic carbocycles. The first-order valence-electron chi connectivity index (χ1n) is 6.89. The van der Waals surface area contributed by atoms with Gasteiger partial charge in [-0.25, -0.2) is 4.99 Å². The Morgan fingerprint density at radius 2 is 1.43 bits per heavy atom. The molecule has 1 saturated heterocycles. The predicted molar refractivity (Wildman–Crippen MR) is 89.7 cm³/mol. The van der Waals surface area contributed by atoms with Gasteiger partial charge in [0.15, 0.2) is 5.96 Å². The molecule has 0 bridgehead atoms. The molecule has 2 aromatic carbocycles. The third-order valence-electron chi connectivity index (χ3n) is 3.07. The van der Waals surface area contributed by atoms with Crippen molar-refractivity contribution in [3.05, 3.63) is 53.6 Å². The highest BCUT2D eigenvalue weighted by molar-refractivity contribution is 7.99. The highest BCUT2D eigenvalue weighted by Gasteiger charge is 2.04. The van der Waals surface area contributed by atoms with Gasteiger partial charge in [-0.15, -0.1) is 0 Å². The average Bonchev–Trinajstić information content (AvgIpc) is 2.53. The zero-order valence-corrected chi connectivity index (χ0v) is 13.0. The van der Waals surface area contributed by atoms with Gasteiger partial charge in [0.05, 0.1) is 5.69 Å². The van der Waals surface area contributed by atoms with Crippen LogP contribution in [0.4, 0.5) is 5.69 Å². The van der Waals surface area contributed by atoms with Crippen LogP contribution in [0.2, 0.25) is 5.02 Å². The second kappa shape index (κ2) is 6.87. The number of guanidine groups is 1. The van der Waals surface area contributed by atoms with Gasteiger partial charge < -0.3 is 10.6 Å². The van der Waals surface area contributed by atoms with E-state index in [4.69, 9.17) is 11.6 Å². The Bertz CT molecular complexity index is 615. The second-order valence-electron chi connectivity index (χ2n) is 4.72. The minimum Gasteiger partial charge on any atom is -0.356 e. The predicted octanol–water partition coefficient (Wildman–Crippen LogP) is 4.06. The molecule has 5 heteroatoms. The molecule has 0 spiro atoms. The fourth-order valence-corrected chi connectivity index (χ4v) is 2.94. The first-order chi connectivity index (χ1) is 10.3. The highest BCUT2D eigenvalue weighted by Crippen LogP contribution is 2.29. The Morgan fingerprint density at radius 3 is 2.05 bits per heavy atom. The molecule has 3 nitrogen and oxygen atoms in total. The third-order valence-corrected chi connectivity index (χ3v) is 4.33. The fourth-order valence-electron chi connectivity index (χ4n) is 2.00. The molecule has 0 amide bonds. The van der Waals surface area contributed by atoms with E-state index in [1.165, 1.54) is 9.79 Å². The molecule has 1 heterocycles. The van der Waals surface area contributed by atoms with E-state index in [-0.39, 0.29) is 0 Å². The summed E-state index contributed by atoms with van der Waals surface area (Å²) in [5.41, 5.74) is 0.951. The maximum Gasteiger partial charge on any atom is 0.196 e. The van der Waals surface area contributed by atoms with Crippen LogP contribution >= 0.6 is 23.4 Å². The van der Waals surface area contributed by atoms with Crippen LogP contribution in [-0.4, -0.2) is 19.0 Å². The lowest BCUT2D eigenvalue weighted by molar-refractivity contribution is 0.668. The number of benzene rings is 2. The van der Waals surface area contributed by atoms with E-state index in [2.05, 4.69) is 27.8 Å². The van der Waals surface area contributed by atoms with Crippen molar-refractivity contribution in [1.29, 1.82) is 0 Å². The first-order valence-corrected chi connectivity index (χ1v) is 8.09. The van der Waals surface area contributed by atoms with Crippen molar-refractivity contribution in [2.75, 3.05) is 13.1 Å². The molecule has 3 rings (SSSR count). The molecular formula is C16H16ClN3S. The van der Waals surface area contributed by atoms with Gasteiger partial charge in [0.2, 0.25) is 0 Å². The number of halogens is 1. The summed E-state index contributed by atoms with van der Waals surface area (Å²) in [6, 6.07) is 16.1. The molecule has 108 valence electrons. The summed E-state index contributed by atoms with van der Waals surface area (Å²) in [4.78, 5) is 6.91. The van der Waals surface area contributed by atoms with Crippen LogP contribution in [0.15, 0.2) is 63.3 Å². The summed E-state index contributed by atoms with van der Waals surface area (Å²) in [5.74, 6) is 0.861. The highest BCUT2D eigenvalue weighted by atomic mass is 35.5. The molecule has 1 aliphatic rings. The number of hydrogen-bond acceptors (Lipinski definition) is 2. The van der Waals surface area contributed by atoms with E-state index in [0.717, 1.165) is 36.2 Å². The molecule has 1 aliphatic heterocycles. The lowest BCUT2D eigenvalue weighted by atomic mass is 10.3. The number of hydrogen-bond donors (Lipinski definition) is 2. The van der Waals surface area contributed by atoms with Crippen LogP contribution in [0.1, 0.15) is 6.42 Å².